The number of carbonyl (C=O) groups excluding carboxylic acids is 7. The molecule has 29 heteroatoms. The van der Waals surface area contributed by atoms with E-state index < -0.39 is 95.3 Å². The van der Waals surface area contributed by atoms with E-state index in [0.29, 0.717) is 85.4 Å². The number of nitrogens with one attached hydrogen (secondary N) is 1. The van der Waals surface area contributed by atoms with Crippen LogP contribution in [0, 0.1) is 13.8 Å². The molecular formula is C60H71ClF2N8O13S5. The SMILES string of the molecule is Cc1cccc(CC(=O)[C@@H]2CCC(F)CCN2)n1.Cc1cccc(CC(=O)[C@@H]2CCC(F)CCN2C(=O)Cn2cc(C(N)=O)c3cc(C(=O)CS(=O)(=O)C4CC4)ccc32)n1.Cl.NC(=O)c1cn(CC(=O)O)c2ccc(C(=O)CS(=O)(=O)C3CC3)cc12.S.S=S. The molecule has 10 rings (SSSR count). The van der Waals surface area contributed by atoms with Crippen molar-refractivity contribution in [1.29, 1.82) is 0 Å². The van der Waals surface area contributed by atoms with Crippen molar-refractivity contribution >= 4 is 137 Å². The molecular weight excluding hydrogens is 1270 g/mol. The van der Waals surface area contributed by atoms with Gasteiger partial charge in [-0.1, -0.05) is 12.1 Å². The van der Waals surface area contributed by atoms with E-state index in [0.717, 1.165) is 17.1 Å². The lowest BCUT2D eigenvalue weighted by atomic mass is 10.0. The second-order valence-electron chi connectivity index (χ2n) is 22.1. The van der Waals surface area contributed by atoms with Crippen molar-refractivity contribution in [3.05, 3.63) is 130 Å². The summed E-state index contributed by atoms with van der Waals surface area (Å²) < 4.78 is 79.1. The number of Topliss-reactive ketones (excluding diaryl/α,β-unsaturated/α-hetero) is 4. The van der Waals surface area contributed by atoms with Crippen LogP contribution in [-0.2, 0) is 87.2 Å². The number of ketones is 4. The normalized spacial score (nSPS) is 18.3. The summed E-state index contributed by atoms with van der Waals surface area (Å²) in [7, 11) is -6.98. The fourth-order valence-corrected chi connectivity index (χ4v) is 13.8. The lowest BCUT2D eigenvalue weighted by Crippen LogP contribution is -2.46. The standard InChI is InChI=1S/C30H33FN4O6S.C16H16N2O6S.C14H19FN2O.ClH.S2.H2S/c1-18-3-2-4-21(33-18)14-27(36)26-10-6-20(31)11-12-35(26)29(38)16-34-15-24(30(32)39)23-13-19(5-9-25(23)34)28(37)17-42(40,41)22-7-8-22;17-16(22)12-6-18(7-15(20)21)13-4-1-9(5-11(12)13)14(19)8-25(23,24)10-2-3-10;1-10-3-2-4-12(17-10)9-14(18)13-6-5-11(15)7-8-16-13;;1-2;/h2-5,9,13,15,20,22,26H,6-8,10-12,14,16-17H2,1H3,(H2,32,39);1,4-6,10H,2-3,7-8H2,(H2,17,22)(H,20,21);2-4,11,13,16H,5-9H2,1H3;1H;;1H2/t20?,26-;;11?,13-;;;/m0.0.../s1. The number of hydrogen-bond donors (Lipinski definition) is 4. The van der Waals surface area contributed by atoms with Crippen molar-refractivity contribution in [2.75, 3.05) is 24.6 Å². The zero-order valence-corrected chi connectivity index (χ0v) is 53.9. The molecule has 0 spiro atoms. The number of nitrogens with two attached hydrogens (primary N) is 2. The van der Waals surface area contributed by atoms with Crippen molar-refractivity contribution in [3.8, 4) is 0 Å². The molecule has 0 bridgehead atoms. The lowest BCUT2D eigenvalue weighted by Gasteiger charge is -2.29. The number of amides is 3. The van der Waals surface area contributed by atoms with Gasteiger partial charge in [0.2, 0.25) is 5.91 Å². The van der Waals surface area contributed by atoms with Gasteiger partial charge in [-0.05, 0) is 145 Å². The first-order chi connectivity index (χ1) is 41.3. The van der Waals surface area contributed by atoms with Gasteiger partial charge in [-0.2, -0.15) is 13.5 Å². The fourth-order valence-electron chi connectivity index (χ4n) is 10.6. The highest BCUT2D eigenvalue weighted by Gasteiger charge is 2.39. The van der Waals surface area contributed by atoms with Gasteiger partial charge < -0.3 is 35.9 Å². The Hall–Kier alpha value is -6.82. The minimum Gasteiger partial charge on any atom is -0.480 e. The number of benzene rings is 2. The van der Waals surface area contributed by atoms with E-state index in [9.17, 15) is 64.0 Å². The molecule has 2 saturated carbocycles. The van der Waals surface area contributed by atoms with Crippen LogP contribution in [0.25, 0.3) is 21.8 Å². The average molecular weight is 1350 g/mol. The molecule has 21 nitrogen and oxygen atoms in total. The number of aryl methyl sites for hydroxylation is 2. The Morgan fingerprint density at radius 1 is 0.618 bits per heavy atom. The number of aromatic nitrogens is 4. The van der Waals surface area contributed by atoms with Gasteiger partial charge in [0.05, 0.1) is 46.6 Å². The second-order valence-corrected chi connectivity index (χ2v) is 26.7. The molecule has 6 heterocycles. The first-order valence-corrected chi connectivity index (χ1v) is 33.0. The van der Waals surface area contributed by atoms with E-state index in [1.807, 2.05) is 38.1 Å². The van der Waals surface area contributed by atoms with Crippen molar-refractivity contribution < 1.29 is 69.1 Å². The van der Waals surface area contributed by atoms with Crippen LogP contribution in [0.4, 0.5) is 8.78 Å². The highest BCUT2D eigenvalue weighted by atomic mass is 35.5. The Morgan fingerprint density at radius 2 is 1.07 bits per heavy atom. The van der Waals surface area contributed by atoms with Gasteiger partial charge in [0.1, 0.15) is 36.9 Å². The number of pyridine rings is 2. The predicted octanol–water partition coefficient (Wildman–Crippen LogP) is 5.83. The number of rotatable bonds is 20. The van der Waals surface area contributed by atoms with Crippen LogP contribution in [0.2, 0.25) is 0 Å². The summed E-state index contributed by atoms with van der Waals surface area (Å²) in [6, 6.07) is 18.7. The quantitative estimate of drug-likeness (QED) is 0.0653. The number of aliphatic carboxylic acids is 1. The molecule has 2 aromatic carbocycles. The molecule has 480 valence electrons. The van der Waals surface area contributed by atoms with E-state index in [1.54, 1.807) is 12.1 Å². The van der Waals surface area contributed by atoms with Crippen LogP contribution in [0.3, 0.4) is 0 Å². The third-order valence-electron chi connectivity index (χ3n) is 15.4. The van der Waals surface area contributed by atoms with E-state index in [4.69, 9.17) is 16.6 Å². The number of nitrogens with zero attached hydrogens (tertiary/aromatic N) is 5. The number of sulfone groups is 2. The van der Waals surface area contributed by atoms with Crippen molar-refractivity contribution in [3.63, 3.8) is 0 Å². The molecule has 4 aliphatic rings. The number of hydrogen-bond acceptors (Lipinski definition) is 17. The molecule has 2 unspecified atom stereocenters. The lowest BCUT2D eigenvalue weighted by molar-refractivity contribution is -0.139. The van der Waals surface area contributed by atoms with Crippen LogP contribution in [0.15, 0.2) is 85.2 Å². The average Bonchev–Trinajstić information content (AvgIpc) is 1.95. The Balaban J connectivity index is 0.000000260. The molecule has 2 saturated heterocycles. The van der Waals surface area contributed by atoms with Crippen LogP contribution >= 0.6 is 25.9 Å². The predicted molar refractivity (Wildman–Crippen MR) is 343 cm³/mol. The smallest absolute Gasteiger partial charge is 0.323 e. The van der Waals surface area contributed by atoms with E-state index in [2.05, 4.69) is 37.7 Å². The monoisotopic (exact) mass is 1340 g/mol. The van der Waals surface area contributed by atoms with Gasteiger partial charge in [0.15, 0.2) is 42.8 Å². The Bertz CT molecular complexity index is 3860. The van der Waals surface area contributed by atoms with Gasteiger partial charge in [0.25, 0.3) is 11.8 Å². The van der Waals surface area contributed by atoms with E-state index >= 15 is 0 Å². The first-order valence-electron chi connectivity index (χ1n) is 28.2. The first kappa shape index (κ1) is 72.9. The highest BCUT2D eigenvalue weighted by molar-refractivity contribution is 8.07. The maximum Gasteiger partial charge on any atom is 0.323 e. The topological polar surface area (TPSA) is 328 Å². The minimum absolute atomic E-state index is 0. The highest BCUT2D eigenvalue weighted by Crippen LogP contribution is 2.32. The molecule has 3 amide bonds. The molecule has 0 radical (unpaired) electrons. The molecule has 4 aromatic heterocycles. The van der Waals surface area contributed by atoms with Crippen molar-refractivity contribution in [1.82, 2.24) is 29.3 Å². The molecule has 4 fully saturated rings. The number of carboxylic acids is 1. The third kappa shape index (κ3) is 19.8. The summed E-state index contributed by atoms with van der Waals surface area (Å²) in [5.74, 6) is -5.52. The van der Waals surface area contributed by atoms with Crippen LogP contribution in [-0.4, -0.2) is 152 Å². The number of alkyl halides is 2. The molecule has 89 heavy (non-hydrogen) atoms. The molecule has 4 atom stereocenters. The zero-order chi connectivity index (χ0) is 63.5. The number of carbonyl (C=O) groups is 8. The number of primary amides is 2. The fraction of sp³-hybridized carbons (Fsp3) is 0.433. The number of halogens is 3. The summed E-state index contributed by atoms with van der Waals surface area (Å²) in [5.41, 5.74) is 15.2. The largest absolute Gasteiger partial charge is 0.480 e. The summed E-state index contributed by atoms with van der Waals surface area (Å²) in [6.45, 7) is 3.75. The minimum atomic E-state index is -3.53. The number of likely N-dealkylation sites (tertiary alicyclic amines) is 1. The zero-order valence-electron chi connectivity index (χ0n) is 48.8. The Labute approximate surface area is 536 Å². The van der Waals surface area contributed by atoms with E-state index in [1.165, 1.54) is 62.8 Å². The summed E-state index contributed by atoms with van der Waals surface area (Å²) in [4.78, 5) is 109. The number of fused-ring (bicyclic) bond motifs is 2. The van der Waals surface area contributed by atoms with Crippen LogP contribution in [0.1, 0.15) is 128 Å². The Kier molecular flexibility index (Phi) is 26.4. The van der Waals surface area contributed by atoms with Gasteiger partial charge in [-0.25, -0.2) is 25.6 Å². The van der Waals surface area contributed by atoms with Gasteiger partial charge in [-0.3, -0.25) is 48.3 Å². The number of carboxylic acid groups (broad SMARTS) is 1. The molecule has 2 aliphatic heterocycles. The third-order valence-corrected chi connectivity index (χ3v) is 19.7. The van der Waals surface area contributed by atoms with Gasteiger partial charge in [-0.15, -0.1) is 12.4 Å². The summed E-state index contributed by atoms with van der Waals surface area (Å²) in [6.07, 6.45) is 5.45. The van der Waals surface area contributed by atoms with E-state index in [-0.39, 0.29) is 111 Å². The maximum absolute atomic E-state index is 14.4. The van der Waals surface area contributed by atoms with Gasteiger partial charge >= 0.3 is 5.97 Å². The van der Waals surface area contributed by atoms with Gasteiger partial charge in [0, 0.05) is 97.0 Å². The Morgan fingerprint density at radius 3 is 1.52 bits per heavy atom. The van der Waals surface area contributed by atoms with Crippen LogP contribution in [0.5, 0.6) is 0 Å². The molecule has 2 aliphatic carbocycles. The van der Waals surface area contributed by atoms with Crippen molar-refractivity contribution in [2.24, 2.45) is 11.5 Å². The van der Waals surface area contributed by atoms with Crippen LogP contribution < -0.4 is 16.8 Å². The molecule has 6 aromatic rings. The maximum atomic E-state index is 14.4. The second kappa shape index (κ2) is 32.3. The molecule has 6 N–H and O–H groups in total. The summed E-state index contributed by atoms with van der Waals surface area (Å²) >= 11 is 7.33. The van der Waals surface area contributed by atoms with Crippen molar-refractivity contribution in [2.45, 2.75) is 139 Å². The summed E-state index contributed by atoms with van der Waals surface area (Å²) in [5, 5.41) is 11.8.